The summed E-state index contributed by atoms with van der Waals surface area (Å²) in [4.78, 5) is 13.9. The zero-order chi connectivity index (χ0) is 14.5. The van der Waals surface area contributed by atoms with E-state index >= 15 is 0 Å². The summed E-state index contributed by atoms with van der Waals surface area (Å²) in [7, 11) is 1.80. The Morgan fingerprint density at radius 2 is 1.80 bits per heavy atom. The fourth-order valence-electron chi connectivity index (χ4n) is 2.10. The Morgan fingerprint density at radius 3 is 2.45 bits per heavy atom. The molecular formula is C17H19NO2. The summed E-state index contributed by atoms with van der Waals surface area (Å²) in [6.07, 6.45) is 0.413. The van der Waals surface area contributed by atoms with Crippen LogP contribution in [-0.4, -0.2) is 23.0 Å². The van der Waals surface area contributed by atoms with Crippen LogP contribution in [0.1, 0.15) is 16.7 Å². The molecule has 0 radical (unpaired) electrons. The Hall–Kier alpha value is -2.29. The molecule has 0 aliphatic rings. The van der Waals surface area contributed by atoms with E-state index in [0.29, 0.717) is 13.0 Å². The van der Waals surface area contributed by atoms with Crippen molar-refractivity contribution in [3.63, 3.8) is 0 Å². The van der Waals surface area contributed by atoms with Crippen molar-refractivity contribution >= 4 is 5.91 Å². The molecule has 0 spiro atoms. The molecule has 0 saturated carbocycles. The minimum Gasteiger partial charge on any atom is -0.508 e. The number of likely N-dealkylation sites (N-methyl/N-ethyl adjacent to an activating group) is 1. The number of phenolic OH excluding ortho intramolecular Hbond substituents is 1. The first-order valence-corrected chi connectivity index (χ1v) is 6.62. The van der Waals surface area contributed by atoms with Gasteiger partial charge in [-0.05, 0) is 30.2 Å². The van der Waals surface area contributed by atoms with E-state index in [2.05, 4.69) is 0 Å². The maximum atomic E-state index is 12.2. The fraction of sp³-hybridized carbons (Fsp3) is 0.235. The van der Waals surface area contributed by atoms with Crippen LogP contribution in [0.3, 0.4) is 0 Å². The van der Waals surface area contributed by atoms with E-state index in [4.69, 9.17) is 0 Å². The number of aryl methyl sites for hydroxylation is 1. The largest absolute Gasteiger partial charge is 0.508 e. The average Bonchev–Trinajstić information content (AvgIpc) is 2.41. The summed E-state index contributed by atoms with van der Waals surface area (Å²) in [5.74, 6) is 0.325. The first kappa shape index (κ1) is 14.1. The molecule has 0 aromatic heterocycles. The van der Waals surface area contributed by atoms with Crippen LogP contribution in [0.2, 0.25) is 0 Å². The SMILES string of the molecule is Cc1cccc(CC(=O)N(C)Cc2ccc(O)cc2)c1. The molecule has 104 valence electrons. The van der Waals surface area contributed by atoms with Gasteiger partial charge in [0.25, 0.3) is 0 Å². The number of benzene rings is 2. The van der Waals surface area contributed by atoms with Crippen molar-refractivity contribution in [1.29, 1.82) is 0 Å². The van der Waals surface area contributed by atoms with Crippen LogP contribution >= 0.6 is 0 Å². The molecule has 1 N–H and O–H groups in total. The third kappa shape index (κ3) is 3.85. The van der Waals surface area contributed by atoms with Crippen molar-refractivity contribution in [3.05, 3.63) is 65.2 Å². The van der Waals surface area contributed by atoms with Gasteiger partial charge in [-0.2, -0.15) is 0 Å². The summed E-state index contributed by atoms with van der Waals surface area (Å²) in [5, 5.41) is 9.24. The maximum Gasteiger partial charge on any atom is 0.227 e. The van der Waals surface area contributed by atoms with Crippen molar-refractivity contribution in [1.82, 2.24) is 4.90 Å². The highest BCUT2D eigenvalue weighted by molar-refractivity contribution is 5.78. The summed E-state index contributed by atoms with van der Waals surface area (Å²) in [6, 6.07) is 14.9. The Kier molecular flexibility index (Phi) is 4.41. The lowest BCUT2D eigenvalue weighted by atomic mass is 10.1. The van der Waals surface area contributed by atoms with Crippen LogP contribution in [0.25, 0.3) is 0 Å². The van der Waals surface area contributed by atoms with E-state index < -0.39 is 0 Å². The highest BCUT2D eigenvalue weighted by atomic mass is 16.3. The van der Waals surface area contributed by atoms with Crippen molar-refractivity contribution in [2.24, 2.45) is 0 Å². The number of amides is 1. The van der Waals surface area contributed by atoms with Gasteiger partial charge in [0.05, 0.1) is 6.42 Å². The number of phenols is 1. The third-order valence-corrected chi connectivity index (χ3v) is 3.22. The van der Waals surface area contributed by atoms with Crippen LogP contribution in [0.5, 0.6) is 5.75 Å². The van der Waals surface area contributed by atoms with Gasteiger partial charge < -0.3 is 10.0 Å². The number of carbonyl (C=O) groups is 1. The molecule has 0 atom stereocenters. The minimum atomic E-state index is 0.0867. The molecule has 0 fully saturated rings. The van der Waals surface area contributed by atoms with Crippen LogP contribution in [0.15, 0.2) is 48.5 Å². The van der Waals surface area contributed by atoms with E-state index in [1.165, 1.54) is 0 Å². The van der Waals surface area contributed by atoms with Crippen molar-refractivity contribution < 1.29 is 9.90 Å². The normalized spacial score (nSPS) is 10.3. The number of rotatable bonds is 4. The van der Waals surface area contributed by atoms with Gasteiger partial charge >= 0.3 is 0 Å². The topological polar surface area (TPSA) is 40.5 Å². The molecule has 2 rings (SSSR count). The van der Waals surface area contributed by atoms with Gasteiger partial charge in [0.1, 0.15) is 5.75 Å². The van der Waals surface area contributed by atoms with E-state index in [-0.39, 0.29) is 11.7 Å². The van der Waals surface area contributed by atoms with Crippen LogP contribution in [0.4, 0.5) is 0 Å². The first-order chi connectivity index (χ1) is 9.54. The van der Waals surface area contributed by atoms with Gasteiger partial charge in [-0.3, -0.25) is 4.79 Å². The second-order valence-electron chi connectivity index (χ2n) is 5.08. The van der Waals surface area contributed by atoms with Crippen molar-refractivity contribution in [2.45, 2.75) is 19.9 Å². The maximum absolute atomic E-state index is 12.2. The number of hydrogen-bond donors (Lipinski definition) is 1. The third-order valence-electron chi connectivity index (χ3n) is 3.22. The van der Waals surface area contributed by atoms with E-state index in [0.717, 1.165) is 16.7 Å². The molecule has 3 heteroatoms. The zero-order valence-corrected chi connectivity index (χ0v) is 11.8. The Morgan fingerprint density at radius 1 is 1.10 bits per heavy atom. The van der Waals surface area contributed by atoms with Gasteiger partial charge in [0.2, 0.25) is 5.91 Å². The molecule has 0 aliphatic heterocycles. The van der Waals surface area contributed by atoms with Gasteiger partial charge in [-0.25, -0.2) is 0 Å². The van der Waals surface area contributed by atoms with Gasteiger partial charge in [0.15, 0.2) is 0 Å². The first-order valence-electron chi connectivity index (χ1n) is 6.62. The quantitative estimate of drug-likeness (QED) is 0.927. The molecule has 1 amide bonds. The van der Waals surface area contributed by atoms with Crippen LogP contribution < -0.4 is 0 Å². The predicted molar refractivity (Wildman–Crippen MR) is 79.5 cm³/mol. The zero-order valence-electron chi connectivity index (χ0n) is 11.8. The number of hydrogen-bond acceptors (Lipinski definition) is 2. The summed E-state index contributed by atoms with van der Waals surface area (Å²) >= 11 is 0. The van der Waals surface area contributed by atoms with Crippen molar-refractivity contribution in [2.75, 3.05) is 7.05 Å². The molecule has 0 heterocycles. The predicted octanol–water partition coefficient (Wildman–Crippen LogP) is 2.90. The summed E-state index contributed by atoms with van der Waals surface area (Å²) in [5.41, 5.74) is 3.20. The highest BCUT2D eigenvalue weighted by Gasteiger charge is 2.10. The highest BCUT2D eigenvalue weighted by Crippen LogP contribution is 2.12. The summed E-state index contributed by atoms with van der Waals surface area (Å²) in [6.45, 7) is 2.57. The van der Waals surface area contributed by atoms with Gasteiger partial charge in [-0.15, -0.1) is 0 Å². The number of aromatic hydroxyl groups is 1. The van der Waals surface area contributed by atoms with E-state index in [9.17, 15) is 9.90 Å². The summed E-state index contributed by atoms with van der Waals surface area (Å²) < 4.78 is 0. The number of carbonyl (C=O) groups excluding carboxylic acids is 1. The molecule has 3 nitrogen and oxygen atoms in total. The molecule has 0 unspecified atom stereocenters. The average molecular weight is 269 g/mol. The monoisotopic (exact) mass is 269 g/mol. The smallest absolute Gasteiger partial charge is 0.227 e. The van der Waals surface area contributed by atoms with E-state index in [1.54, 1.807) is 24.1 Å². The standard InChI is InChI=1S/C17H19NO2/c1-13-4-3-5-15(10-13)11-17(20)18(2)12-14-6-8-16(19)9-7-14/h3-10,19H,11-12H2,1-2H3. The molecule has 0 bridgehead atoms. The molecular weight excluding hydrogens is 250 g/mol. The lowest BCUT2D eigenvalue weighted by Crippen LogP contribution is -2.27. The fourth-order valence-corrected chi connectivity index (χ4v) is 2.10. The van der Waals surface area contributed by atoms with Crippen molar-refractivity contribution in [3.8, 4) is 5.75 Å². The Labute approximate surface area is 119 Å². The number of nitrogens with zero attached hydrogens (tertiary/aromatic N) is 1. The van der Waals surface area contributed by atoms with Crippen LogP contribution in [-0.2, 0) is 17.8 Å². The molecule has 2 aromatic carbocycles. The molecule has 20 heavy (non-hydrogen) atoms. The lowest BCUT2D eigenvalue weighted by molar-refractivity contribution is -0.129. The second-order valence-corrected chi connectivity index (χ2v) is 5.08. The Bertz CT molecular complexity index is 590. The van der Waals surface area contributed by atoms with Gasteiger partial charge in [-0.1, -0.05) is 42.0 Å². The lowest BCUT2D eigenvalue weighted by Gasteiger charge is -2.17. The van der Waals surface area contributed by atoms with E-state index in [1.807, 2.05) is 43.3 Å². The van der Waals surface area contributed by atoms with Gasteiger partial charge in [0, 0.05) is 13.6 Å². The minimum absolute atomic E-state index is 0.0867. The molecule has 2 aromatic rings. The van der Waals surface area contributed by atoms with Crippen LogP contribution in [0, 0.1) is 6.92 Å². The molecule has 0 saturated heterocycles. The second kappa shape index (κ2) is 6.24. The Balaban J connectivity index is 1.96. The molecule has 0 aliphatic carbocycles.